The van der Waals surface area contributed by atoms with Gasteiger partial charge in [0.25, 0.3) is 0 Å². The third-order valence-electron chi connectivity index (χ3n) is 4.29. The van der Waals surface area contributed by atoms with Crippen molar-refractivity contribution in [1.82, 2.24) is 5.16 Å². The van der Waals surface area contributed by atoms with Crippen LogP contribution in [0.3, 0.4) is 0 Å². The van der Waals surface area contributed by atoms with Gasteiger partial charge in [0.15, 0.2) is 5.58 Å². The second-order valence-corrected chi connectivity index (χ2v) is 6.38. The van der Waals surface area contributed by atoms with Crippen molar-refractivity contribution in [3.63, 3.8) is 0 Å². The average molecular weight is 388 g/mol. The Morgan fingerprint density at radius 2 is 1.59 bits per heavy atom. The van der Waals surface area contributed by atoms with Crippen LogP contribution in [-0.2, 0) is 11.2 Å². The zero-order valence-corrected chi connectivity index (χ0v) is 15.9. The molecule has 0 aliphatic carbocycles. The van der Waals surface area contributed by atoms with Gasteiger partial charge in [-0.15, -0.1) is 0 Å². The number of rotatable bonds is 7. The van der Waals surface area contributed by atoms with Crippen LogP contribution in [0.15, 0.2) is 77.3 Å². The number of anilines is 1. The molecule has 0 unspecified atom stereocenters. The number of carbonyl (C=O) groups excluding carboxylic acids is 1. The first kappa shape index (κ1) is 18.6. The smallest absolute Gasteiger partial charge is 0.230 e. The van der Waals surface area contributed by atoms with E-state index in [4.69, 9.17) is 14.0 Å². The molecule has 1 N–H and O–H groups in total. The first-order valence-electron chi connectivity index (χ1n) is 9.35. The van der Waals surface area contributed by atoms with Gasteiger partial charge in [-0.3, -0.25) is 4.79 Å². The maximum atomic E-state index is 12.3. The van der Waals surface area contributed by atoms with Crippen LogP contribution >= 0.6 is 0 Å². The molecule has 0 spiro atoms. The molecule has 0 radical (unpaired) electrons. The number of nitrogens with zero attached hydrogens (tertiary/aromatic N) is 1. The maximum absolute atomic E-state index is 12.3. The molecule has 1 aromatic heterocycles. The van der Waals surface area contributed by atoms with Crippen molar-refractivity contribution >= 4 is 22.6 Å². The molecule has 4 rings (SSSR count). The highest BCUT2D eigenvalue weighted by Crippen LogP contribution is 2.25. The van der Waals surface area contributed by atoms with Crippen molar-refractivity contribution in [1.29, 1.82) is 0 Å². The fourth-order valence-corrected chi connectivity index (χ4v) is 2.94. The van der Waals surface area contributed by atoms with Crippen molar-refractivity contribution in [3.05, 3.63) is 78.5 Å². The minimum absolute atomic E-state index is 0.140. The molecule has 29 heavy (non-hydrogen) atoms. The summed E-state index contributed by atoms with van der Waals surface area (Å²) < 4.78 is 16.5. The highest BCUT2D eigenvalue weighted by molar-refractivity contribution is 5.94. The van der Waals surface area contributed by atoms with Crippen molar-refractivity contribution in [3.8, 4) is 17.2 Å². The number of carbonyl (C=O) groups is 1. The summed E-state index contributed by atoms with van der Waals surface area (Å²) in [5.41, 5.74) is 1.97. The number of nitrogens with one attached hydrogen (secondary N) is 1. The van der Waals surface area contributed by atoms with Gasteiger partial charge < -0.3 is 19.3 Å². The summed E-state index contributed by atoms with van der Waals surface area (Å²) in [5, 5.41) is 7.70. The highest BCUT2D eigenvalue weighted by atomic mass is 16.5. The van der Waals surface area contributed by atoms with E-state index in [9.17, 15) is 4.79 Å². The number of benzene rings is 3. The quantitative estimate of drug-likeness (QED) is 0.471. The van der Waals surface area contributed by atoms with E-state index < -0.39 is 0 Å². The minimum atomic E-state index is -0.163. The summed E-state index contributed by atoms with van der Waals surface area (Å²) >= 11 is 0. The van der Waals surface area contributed by atoms with Gasteiger partial charge in [-0.1, -0.05) is 17.3 Å². The van der Waals surface area contributed by atoms with Gasteiger partial charge in [0.1, 0.15) is 22.9 Å². The number of para-hydroxylation sites is 1. The molecule has 0 aliphatic heterocycles. The zero-order valence-electron chi connectivity index (χ0n) is 15.9. The van der Waals surface area contributed by atoms with Crippen molar-refractivity contribution in [2.45, 2.75) is 13.3 Å². The molecule has 0 bridgehead atoms. The van der Waals surface area contributed by atoms with E-state index in [-0.39, 0.29) is 12.3 Å². The van der Waals surface area contributed by atoms with Gasteiger partial charge >= 0.3 is 0 Å². The maximum Gasteiger partial charge on any atom is 0.230 e. The Hall–Kier alpha value is -3.80. The minimum Gasteiger partial charge on any atom is -0.494 e. The molecule has 0 atom stereocenters. The molecular formula is C23H20N2O4. The molecule has 146 valence electrons. The molecule has 3 aromatic carbocycles. The van der Waals surface area contributed by atoms with E-state index in [1.54, 1.807) is 24.3 Å². The Morgan fingerprint density at radius 3 is 2.31 bits per heavy atom. The summed E-state index contributed by atoms with van der Waals surface area (Å²) in [6, 6.07) is 22.1. The lowest BCUT2D eigenvalue weighted by molar-refractivity contribution is -0.115. The largest absolute Gasteiger partial charge is 0.494 e. The molecule has 4 aromatic rings. The van der Waals surface area contributed by atoms with Gasteiger partial charge in [0, 0.05) is 11.1 Å². The van der Waals surface area contributed by atoms with Crippen LogP contribution in [0.2, 0.25) is 0 Å². The van der Waals surface area contributed by atoms with Crippen LogP contribution in [0.25, 0.3) is 11.0 Å². The average Bonchev–Trinajstić information content (AvgIpc) is 3.14. The number of amides is 1. The van der Waals surface area contributed by atoms with Gasteiger partial charge in [-0.2, -0.15) is 0 Å². The Kier molecular flexibility index (Phi) is 5.42. The van der Waals surface area contributed by atoms with Gasteiger partial charge in [0.05, 0.1) is 13.0 Å². The normalized spacial score (nSPS) is 10.7. The number of aromatic nitrogens is 1. The number of hydrogen-bond acceptors (Lipinski definition) is 5. The zero-order chi connectivity index (χ0) is 20.1. The molecule has 1 heterocycles. The fourth-order valence-electron chi connectivity index (χ4n) is 2.94. The van der Waals surface area contributed by atoms with Crippen LogP contribution < -0.4 is 14.8 Å². The lowest BCUT2D eigenvalue weighted by Crippen LogP contribution is -2.14. The molecule has 6 heteroatoms. The van der Waals surface area contributed by atoms with Crippen LogP contribution in [-0.4, -0.2) is 17.7 Å². The van der Waals surface area contributed by atoms with E-state index in [2.05, 4.69) is 10.5 Å². The summed E-state index contributed by atoms with van der Waals surface area (Å²) in [6.45, 7) is 2.57. The summed E-state index contributed by atoms with van der Waals surface area (Å²) in [4.78, 5) is 12.3. The van der Waals surface area contributed by atoms with Crippen molar-refractivity contribution < 1.29 is 18.8 Å². The summed E-state index contributed by atoms with van der Waals surface area (Å²) in [6.07, 6.45) is 0.140. The molecule has 0 saturated heterocycles. The van der Waals surface area contributed by atoms with E-state index in [1.165, 1.54) is 0 Å². The Balaban J connectivity index is 1.35. The predicted octanol–water partition coefficient (Wildman–Crippen LogP) is 5.20. The van der Waals surface area contributed by atoms with Crippen LogP contribution in [0.1, 0.15) is 12.6 Å². The first-order valence-corrected chi connectivity index (χ1v) is 9.35. The van der Waals surface area contributed by atoms with E-state index in [0.29, 0.717) is 35.1 Å². The van der Waals surface area contributed by atoms with E-state index in [1.807, 2.05) is 55.5 Å². The van der Waals surface area contributed by atoms with Gasteiger partial charge in [-0.05, 0) is 67.6 Å². The third-order valence-corrected chi connectivity index (χ3v) is 4.29. The molecule has 1 amide bonds. The number of fused-ring (bicyclic) bond motifs is 1. The molecule has 0 saturated carbocycles. The Labute approximate surface area is 168 Å². The number of hydrogen-bond donors (Lipinski definition) is 1. The molecular weight excluding hydrogens is 368 g/mol. The van der Waals surface area contributed by atoms with Crippen molar-refractivity contribution in [2.75, 3.05) is 11.9 Å². The molecule has 6 nitrogen and oxygen atoms in total. The molecule has 0 aliphatic rings. The topological polar surface area (TPSA) is 73.6 Å². The second kappa shape index (κ2) is 8.48. The summed E-state index contributed by atoms with van der Waals surface area (Å²) in [7, 11) is 0. The molecule has 0 fully saturated rings. The van der Waals surface area contributed by atoms with Crippen LogP contribution in [0, 0.1) is 0 Å². The Bertz CT molecular complexity index is 1100. The standard InChI is InChI=1S/C23H20N2O4/c1-2-27-17-11-13-19(14-12-17)28-18-9-7-16(8-10-18)24-23(26)15-21-20-5-3-4-6-22(20)29-25-21/h3-14H,2,15H2,1H3,(H,24,26). The predicted molar refractivity (Wildman–Crippen MR) is 110 cm³/mol. The van der Waals surface area contributed by atoms with Crippen LogP contribution in [0.4, 0.5) is 5.69 Å². The van der Waals surface area contributed by atoms with Crippen molar-refractivity contribution in [2.24, 2.45) is 0 Å². The monoisotopic (exact) mass is 388 g/mol. The first-order chi connectivity index (χ1) is 14.2. The lowest BCUT2D eigenvalue weighted by atomic mass is 10.1. The summed E-state index contributed by atoms with van der Waals surface area (Å²) in [5.74, 6) is 2.03. The number of ether oxygens (including phenoxy) is 2. The van der Waals surface area contributed by atoms with E-state index >= 15 is 0 Å². The lowest BCUT2D eigenvalue weighted by Gasteiger charge is -2.09. The van der Waals surface area contributed by atoms with Crippen LogP contribution in [0.5, 0.6) is 17.2 Å². The SMILES string of the molecule is CCOc1ccc(Oc2ccc(NC(=O)Cc3noc4ccccc34)cc2)cc1. The van der Waals surface area contributed by atoms with Gasteiger partial charge in [-0.25, -0.2) is 0 Å². The second-order valence-electron chi connectivity index (χ2n) is 6.38. The fraction of sp³-hybridized carbons (Fsp3) is 0.130. The third kappa shape index (κ3) is 4.55. The van der Waals surface area contributed by atoms with E-state index in [0.717, 1.165) is 11.1 Å². The van der Waals surface area contributed by atoms with Gasteiger partial charge in [0.2, 0.25) is 5.91 Å². The Morgan fingerprint density at radius 1 is 0.931 bits per heavy atom. The highest BCUT2D eigenvalue weighted by Gasteiger charge is 2.12.